The highest BCUT2D eigenvalue weighted by Crippen LogP contribution is 2.10. The van der Waals surface area contributed by atoms with Gasteiger partial charge in [0.2, 0.25) is 0 Å². The first-order chi connectivity index (χ1) is 6.29. The number of carbonyl (C=O) groups excluding carboxylic acids is 1. The molecule has 0 spiro atoms. The fourth-order valence-corrected chi connectivity index (χ4v) is 1.33. The Bertz CT molecular complexity index is 299. The summed E-state index contributed by atoms with van der Waals surface area (Å²) in [6.45, 7) is 2.64. The largest absolute Gasteiger partial charge is 0.316 e. The second kappa shape index (κ2) is 4.77. The molecule has 0 atom stereocenters. The molecule has 1 aromatic rings. The topological polar surface area (TPSA) is 29.1 Å². The van der Waals surface area contributed by atoms with Crippen molar-refractivity contribution in [3.63, 3.8) is 0 Å². The van der Waals surface area contributed by atoms with Gasteiger partial charge in [-0.1, -0.05) is 31.2 Å². The van der Waals surface area contributed by atoms with Crippen molar-refractivity contribution in [1.82, 2.24) is 5.32 Å². The number of ketones is 1. The van der Waals surface area contributed by atoms with Crippen LogP contribution in [0.1, 0.15) is 30.7 Å². The van der Waals surface area contributed by atoms with Crippen molar-refractivity contribution in [3.05, 3.63) is 35.4 Å². The normalized spacial score (nSPS) is 10.0. The van der Waals surface area contributed by atoms with Gasteiger partial charge in [0.05, 0.1) is 0 Å². The lowest BCUT2D eigenvalue weighted by atomic mass is 10.0. The molecule has 1 aromatic carbocycles. The summed E-state index contributed by atoms with van der Waals surface area (Å²) in [5, 5.41) is 3.05. The summed E-state index contributed by atoms with van der Waals surface area (Å²) in [5.41, 5.74) is 1.93. The van der Waals surface area contributed by atoms with E-state index in [1.165, 1.54) is 0 Å². The highest BCUT2D eigenvalue weighted by molar-refractivity contribution is 5.97. The summed E-state index contributed by atoms with van der Waals surface area (Å²) in [6.07, 6.45) is 0.570. The minimum Gasteiger partial charge on any atom is -0.316 e. The molecule has 0 fully saturated rings. The van der Waals surface area contributed by atoms with Gasteiger partial charge in [-0.15, -0.1) is 0 Å². The number of benzene rings is 1. The van der Waals surface area contributed by atoms with Crippen LogP contribution in [0.25, 0.3) is 0 Å². The Balaban J connectivity index is 0.00000169. The molecule has 13 heavy (non-hydrogen) atoms. The molecule has 0 aromatic heterocycles. The van der Waals surface area contributed by atoms with E-state index in [-0.39, 0.29) is 7.21 Å². The van der Waals surface area contributed by atoms with E-state index in [2.05, 4.69) is 5.32 Å². The minimum atomic E-state index is 0. The Kier molecular flexibility index (Phi) is 3.65. The lowest BCUT2D eigenvalue weighted by Crippen LogP contribution is -2.10. The Labute approximate surface area is 80.5 Å². The Morgan fingerprint density at radius 3 is 2.77 bits per heavy atom. The maximum absolute atomic E-state index is 11.5. The standard InChI is InChI=1S/C11H15NO.H2/c1-3-11(13)10-7-5-4-6-9(10)8-12-2;/h4-7,12H,3,8H2,1-2H3;1H. The van der Waals surface area contributed by atoms with Crippen LogP contribution >= 0.6 is 0 Å². The molecule has 72 valence electrons. The first-order valence-corrected chi connectivity index (χ1v) is 4.55. The monoisotopic (exact) mass is 179 g/mol. The lowest BCUT2D eigenvalue weighted by molar-refractivity contribution is 0.0987. The molecule has 0 radical (unpaired) electrons. The van der Waals surface area contributed by atoms with E-state index in [0.29, 0.717) is 6.42 Å². The van der Waals surface area contributed by atoms with Gasteiger partial charge < -0.3 is 5.32 Å². The van der Waals surface area contributed by atoms with Gasteiger partial charge in [0.1, 0.15) is 0 Å². The first kappa shape index (κ1) is 9.93. The Morgan fingerprint density at radius 1 is 1.46 bits per heavy atom. The Hall–Kier alpha value is -1.15. The number of nitrogens with one attached hydrogen (secondary N) is 1. The highest BCUT2D eigenvalue weighted by Gasteiger charge is 2.06. The van der Waals surface area contributed by atoms with E-state index in [4.69, 9.17) is 0 Å². The van der Waals surface area contributed by atoms with Gasteiger partial charge in [-0.2, -0.15) is 0 Å². The third kappa shape index (κ3) is 2.39. The SMILES string of the molecule is CCC(=O)c1ccccc1CNC.[HH]. The van der Waals surface area contributed by atoms with Crippen LogP contribution in [0.4, 0.5) is 0 Å². The molecule has 0 amide bonds. The summed E-state index contributed by atoms with van der Waals surface area (Å²) in [6, 6.07) is 7.74. The van der Waals surface area contributed by atoms with Gasteiger partial charge >= 0.3 is 0 Å². The van der Waals surface area contributed by atoms with E-state index < -0.39 is 0 Å². The van der Waals surface area contributed by atoms with Crippen LogP contribution in [-0.2, 0) is 6.54 Å². The van der Waals surface area contributed by atoms with Crippen molar-refractivity contribution in [2.24, 2.45) is 0 Å². The van der Waals surface area contributed by atoms with E-state index in [1.807, 2.05) is 38.2 Å². The molecule has 0 heterocycles. The Morgan fingerprint density at radius 2 is 2.15 bits per heavy atom. The first-order valence-electron chi connectivity index (χ1n) is 4.55. The molecular formula is C11H17NO. The van der Waals surface area contributed by atoms with Crippen molar-refractivity contribution >= 4 is 5.78 Å². The highest BCUT2D eigenvalue weighted by atomic mass is 16.1. The van der Waals surface area contributed by atoms with Crippen LogP contribution in [-0.4, -0.2) is 12.8 Å². The van der Waals surface area contributed by atoms with Gasteiger partial charge in [-0.05, 0) is 12.6 Å². The fourth-order valence-electron chi connectivity index (χ4n) is 1.33. The molecule has 1 rings (SSSR count). The van der Waals surface area contributed by atoms with Crippen molar-refractivity contribution in [2.75, 3.05) is 7.05 Å². The van der Waals surface area contributed by atoms with E-state index >= 15 is 0 Å². The third-order valence-electron chi connectivity index (χ3n) is 2.01. The van der Waals surface area contributed by atoms with E-state index in [0.717, 1.165) is 17.7 Å². The number of carbonyl (C=O) groups is 1. The molecule has 2 nitrogen and oxygen atoms in total. The zero-order valence-corrected chi connectivity index (χ0v) is 8.13. The number of hydrogen-bond donors (Lipinski definition) is 1. The quantitative estimate of drug-likeness (QED) is 0.718. The molecule has 0 saturated heterocycles. The molecular weight excluding hydrogens is 162 g/mol. The lowest BCUT2D eigenvalue weighted by Gasteiger charge is -2.06. The van der Waals surface area contributed by atoms with Gasteiger partial charge in [-0.25, -0.2) is 0 Å². The summed E-state index contributed by atoms with van der Waals surface area (Å²) in [7, 11) is 1.88. The van der Waals surface area contributed by atoms with Crippen LogP contribution in [0, 0.1) is 0 Å². The fraction of sp³-hybridized carbons (Fsp3) is 0.364. The summed E-state index contributed by atoms with van der Waals surface area (Å²) in [5.74, 6) is 0.214. The smallest absolute Gasteiger partial charge is 0.162 e. The minimum absolute atomic E-state index is 0. The van der Waals surface area contributed by atoms with Crippen molar-refractivity contribution in [3.8, 4) is 0 Å². The molecule has 0 aliphatic heterocycles. The molecule has 0 saturated carbocycles. The number of hydrogen-bond acceptors (Lipinski definition) is 2. The number of Topliss-reactive ketones (excluding diaryl/α,β-unsaturated/α-hetero) is 1. The molecule has 0 bridgehead atoms. The molecule has 0 unspecified atom stereocenters. The molecule has 0 aliphatic rings. The van der Waals surface area contributed by atoms with Gasteiger partial charge in [-0.3, -0.25) is 4.79 Å². The number of rotatable bonds is 4. The maximum Gasteiger partial charge on any atom is 0.162 e. The van der Waals surface area contributed by atoms with Crippen LogP contribution in [0.3, 0.4) is 0 Å². The zero-order valence-electron chi connectivity index (χ0n) is 8.13. The van der Waals surface area contributed by atoms with Crippen molar-refractivity contribution < 1.29 is 6.22 Å². The molecule has 2 heteroatoms. The van der Waals surface area contributed by atoms with Crippen molar-refractivity contribution in [1.29, 1.82) is 0 Å². The van der Waals surface area contributed by atoms with Crippen LogP contribution < -0.4 is 5.32 Å². The van der Waals surface area contributed by atoms with E-state index in [1.54, 1.807) is 0 Å². The van der Waals surface area contributed by atoms with Gasteiger partial charge in [0.25, 0.3) is 0 Å². The summed E-state index contributed by atoms with van der Waals surface area (Å²) in [4.78, 5) is 11.5. The predicted molar refractivity (Wildman–Crippen MR) is 55.9 cm³/mol. The van der Waals surface area contributed by atoms with Crippen LogP contribution in [0.2, 0.25) is 0 Å². The predicted octanol–water partition coefficient (Wildman–Crippen LogP) is 2.24. The van der Waals surface area contributed by atoms with Crippen molar-refractivity contribution in [2.45, 2.75) is 19.9 Å². The average molecular weight is 179 g/mol. The summed E-state index contributed by atoms with van der Waals surface area (Å²) >= 11 is 0. The third-order valence-corrected chi connectivity index (χ3v) is 2.01. The summed E-state index contributed by atoms with van der Waals surface area (Å²) < 4.78 is 0. The van der Waals surface area contributed by atoms with Gasteiger partial charge in [0.15, 0.2) is 5.78 Å². The van der Waals surface area contributed by atoms with Gasteiger partial charge in [0, 0.05) is 20.0 Å². The molecule has 1 N–H and O–H groups in total. The molecule has 0 aliphatic carbocycles. The maximum atomic E-state index is 11.5. The zero-order chi connectivity index (χ0) is 9.68. The van der Waals surface area contributed by atoms with Crippen LogP contribution in [0.5, 0.6) is 0 Å². The van der Waals surface area contributed by atoms with E-state index in [9.17, 15) is 4.79 Å². The second-order valence-electron chi connectivity index (χ2n) is 2.96. The average Bonchev–Trinajstić information content (AvgIpc) is 2.18. The van der Waals surface area contributed by atoms with Crippen LogP contribution in [0.15, 0.2) is 24.3 Å². The second-order valence-corrected chi connectivity index (χ2v) is 2.96.